The molecule has 1 saturated carbocycles. The summed E-state index contributed by atoms with van der Waals surface area (Å²) < 4.78 is 0. The van der Waals surface area contributed by atoms with Crippen LogP contribution in [-0.4, -0.2) is 17.4 Å². The summed E-state index contributed by atoms with van der Waals surface area (Å²) in [5.74, 6) is 1.92. The Hall–Kier alpha value is -1.58. The van der Waals surface area contributed by atoms with Crippen molar-refractivity contribution < 1.29 is 4.79 Å². The molecule has 19 heavy (non-hydrogen) atoms. The summed E-state index contributed by atoms with van der Waals surface area (Å²) in [6, 6.07) is 3.37. The van der Waals surface area contributed by atoms with E-state index in [9.17, 15) is 4.79 Å². The van der Waals surface area contributed by atoms with Crippen molar-refractivity contribution in [1.29, 1.82) is 0 Å². The van der Waals surface area contributed by atoms with E-state index in [1.54, 1.807) is 12.1 Å². The molecule has 2 rings (SSSR count). The van der Waals surface area contributed by atoms with Crippen LogP contribution in [0.25, 0.3) is 0 Å². The van der Waals surface area contributed by atoms with Gasteiger partial charge in [0.25, 0.3) is 5.91 Å². The molecular weight excluding hydrogens is 238 g/mol. The summed E-state index contributed by atoms with van der Waals surface area (Å²) in [7, 11) is 0. The lowest BCUT2D eigenvalue weighted by Gasteiger charge is -2.27. The van der Waals surface area contributed by atoms with Gasteiger partial charge in [0.1, 0.15) is 5.82 Å². The highest BCUT2D eigenvalue weighted by atomic mass is 16.1. The summed E-state index contributed by atoms with van der Waals surface area (Å²) in [6.45, 7) is 3.04. The van der Waals surface area contributed by atoms with E-state index >= 15 is 0 Å². The maximum atomic E-state index is 11.9. The maximum absolute atomic E-state index is 11.9. The number of nitrogens with zero attached hydrogens (tertiary/aromatic N) is 1. The number of nitrogen functional groups attached to an aromatic ring is 1. The van der Waals surface area contributed by atoms with E-state index in [-0.39, 0.29) is 5.91 Å². The zero-order valence-electron chi connectivity index (χ0n) is 11.6. The number of hydrogen-bond donors (Lipinski definition) is 2. The topological polar surface area (TPSA) is 68.0 Å². The first-order valence-corrected chi connectivity index (χ1v) is 7.18. The molecule has 4 heteroatoms. The smallest absolute Gasteiger partial charge is 0.252 e. The molecule has 1 fully saturated rings. The number of nitrogens with two attached hydrogens (primary N) is 1. The monoisotopic (exact) mass is 261 g/mol. The van der Waals surface area contributed by atoms with Crippen molar-refractivity contribution in [3.8, 4) is 0 Å². The van der Waals surface area contributed by atoms with Crippen LogP contribution < -0.4 is 11.1 Å². The van der Waals surface area contributed by atoms with Crippen LogP contribution in [0.4, 0.5) is 5.82 Å². The van der Waals surface area contributed by atoms with Crippen LogP contribution in [0.15, 0.2) is 18.3 Å². The van der Waals surface area contributed by atoms with Crippen molar-refractivity contribution in [2.75, 3.05) is 12.3 Å². The summed E-state index contributed by atoms with van der Waals surface area (Å²) >= 11 is 0. The third kappa shape index (κ3) is 3.94. The van der Waals surface area contributed by atoms with Crippen LogP contribution in [-0.2, 0) is 0 Å². The average molecular weight is 261 g/mol. The minimum atomic E-state index is -0.0508. The fourth-order valence-electron chi connectivity index (χ4n) is 2.72. The summed E-state index contributed by atoms with van der Waals surface area (Å²) in [6.07, 6.45) is 7.90. The first-order valence-electron chi connectivity index (χ1n) is 7.18. The second kappa shape index (κ2) is 6.55. The van der Waals surface area contributed by atoms with Gasteiger partial charge in [0.2, 0.25) is 0 Å². The molecule has 1 aromatic heterocycles. The van der Waals surface area contributed by atoms with Gasteiger partial charge in [0.05, 0.1) is 5.56 Å². The Morgan fingerprint density at radius 2 is 2.00 bits per heavy atom. The van der Waals surface area contributed by atoms with Crippen molar-refractivity contribution in [2.45, 2.75) is 39.0 Å². The van der Waals surface area contributed by atoms with Gasteiger partial charge in [-0.3, -0.25) is 4.79 Å². The van der Waals surface area contributed by atoms with Gasteiger partial charge in [-0.05, 0) is 36.8 Å². The lowest BCUT2D eigenvalue weighted by atomic mass is 9.81. The van der Waals surface area contributed by atoms with Gasteiger partial charge >= 0.3 is 0 Å². The normalized spacial score (nSPS) is 23.0. The molecule has 0 radical (unpaired) electrons. The van der Waals surface area contributed by atoms with E-state index in [2.05, 4.69) is 17.2 Å². The number of pyridine rings is 1. The lowest BCUT2D eigenvalue weighted by Crippen LogP contribution is -2.31. The van der Waals surface area contributed by atoms with E-state index in [4.69, 9.17) is 5.73 Å². The van der Waals surface area contributed by atoms with Gasteiger partial charge in [-0.2, -0.15) is 0 Å². The number of carbonyl (C=O) groups is 1. The largest absolute Gasteiger partial charge is 0.384 e. The zero-order valence-corrected chi connectivity index (χ0v) is 11.6. The van der Waals surface area contributed by atoms with Gasteiger partial charge in [-0.1, -0.05) is 26.2 Å². The van der Waals surface area contributed by atoms with Crippen LogP contribution in [0.2, 0.25) is 0 Å². The van der Waals surface area contributed by atoms with Crippen LogP contribution >= 0.6 is 0 Å². The number of rotatable bonds is 4. The van der Waals surface area contributed by atoms with Gasteiger partial charge in [0, 0.05) is 12.7 Å². The number of amides is 1. The van der Waals surface area contributed by atoms with Crippen molar-refractivity contribution in [3.63, 3.8) is 0 Å². The fraction of sp³-hybridized carbons (Fsp3) is 0.600. The van der Waals surface area contributed by atoms with Crippen LogP contribution in [0.3, 0.4) is 0 Å². The molecule has 1 heterocycles. The average Bonchev–Trinajstić information content (AvgIpc) is 2.46. The van der Waals surface area contributed by atoms with E-state index < -0.39 is 0 Å². The van der Waals surface area contributed by atoms with E-state index in [0.29, 0.717) is 17.3 Å². The molecule has 0 saturated heterocycles. The molecule has 4 nitrogen and oxygen atoms in total. The Balaban J connectivity index is 1.76. The number of carbonyl (C=O) groups excluding carboxylic acids is 1. The second-order valence-corrected chi connectivity index (χ2v) is 5.48. The Bertz CT molecular complexity index is 408. The molecule has 0 spiro atoms. The highest BCUT2D eigenvalue weighted by molar-refractivity contribution is 5.93. The Labute approximate surface area is 114 Å². The molecule has 1 aliphatic carbocycles. The minimum Gasteiger partial charge on any atom is -0.384 e. The highest BCUT2D eigenvalue weighted by Gasteiger charge is 2.20. The first-order chi connectivity index (χ1) is 9.19. The highest BCUT2D eigenvalue weighted by Crippen LogP contribution is 2.30. The quantitative estimate of drug-likeness (QED) is 0.875. The SMILES string of the molecule is CCC1CCC(CNC(=O)c2ccc(N)nc2)CC1. The third-order valence-corrected chi connectivity index (χ3v) is 4.14. The molecule has 104 valence electrons. The van der Waals surface area contributed by atoms with Gasteiger partial charge in [0.15, 0.2) is 0 Å². The van der Waals surface area contributed by atoms with Crippen LogP contribution in [0.1, 0.15) is 49.4 Å². The van der Waals surface area contributed by atoms with Crippen molar-refractivity contribution in [2.24, 2.45) is 11.8 Å². The number of nitrogens with one attached hydrogen (secondary N) is 1. The molecule has 0 unspecified atom stereocenters. The van der Waals surface area contributed by atoms with E-state index in [0.717, 1.165) is 12.5 Å². The van der Waals surface area contributed by atoms with E-state index in [1.807, 2.05) is 0 Å². The standard InChI is InChI=1S/C15H23N3O/c1-2-11-3-5-12(6-4-11)9-18-15(19)13-7-8-14(16)17-10-13/h7-8,10-12H,2-6,9H2,1H3,(H2,16,17)(H,18,19). The lowest BCUT2D eigenvalue weighted by molar-refractivity contribution is 0.0941. The predicted molar refractivity (Wildman–Crippen MR) is 76.7 cm³/mol. The van der Waals surface area contributed by atoms with Gasteiger partial charge in [-0.25, -0.2) is 4.98 Å². The first kappa shape index (κ1) is 13.8. The summed E-state index contributed by atoms with van der Waals surface area (Å²) in [5.41, 5.74) is 6.08. The Kier molecular flexibility index (Phi) is 4.77. The molecule has 1 aromatic rings. The second-order valence-electron chi connectivity index (χ2n) is 5.48. The Morgan fingerprint density at radius 3 is 2.58 bits per heavy atom. The molecule has 0 bridgehead atoms. The predicted octanol–water partition coefficient (Wildman–Crippen LogP) is 2.61. The third-order valence-electron chi connectivity index (χ3n) is 4.14. The number of hydrogen-bond acceptors (Lipinski definition) is 3. The molecule has 1 amide bonds. The summed E-state index contributed by atoms with van der Waals surface area (Å²) in [4.78, 5) is 15.9. The number of aromatic nitrogens is 1. The van der Waals surface area contributed by atoms with E-state index in [1.165, 1.54) is 38.3 Å². The molecule has 0 aliphatic heterocycles. The van der Waals surface area contributed by atoms with Gasteiger partial charge < -0.3 is 11.1 Å². The molecular formula is C15H23N3O. The van der Waals surface area contributed by atoms with Crippen molar-refractivity contribution >= 4 is 11.7 Å². The maximum Gasteiger partial charge on any atom is 0.252 e. The van der Waals surface area contributed by atoms with Crippen molar-refractivity contribution in [1.82, 2.24) is 10.3 Å². The Morgan fingerprint density at radius 1 is 1.32 bits per heavy atom. The number of anilines is 1. The van der Waals surface area contributed by atoms with Crippen molar-refractivity contribution in [3.05, 3.63) is 23.9 Å². The zero-order chi connectivity index (χ0) is 13.7. The minimum absolute atomic E-state index is 0.0508. The molecule has 1 aliphatic rings. The summed E-state index contributed by atoms with van der Waals surface area (Å²) in [5, 5.41) is 3.00. The molecule has 3 N–H and O–H groups in total. The fourth-order valence-corrected chi connectivity index (χ4v) is 2.72. The molecule has 0 atom stereocenters. The van der Waals surface area contributed by atoms with Gasteiger partial charge in [-0.15, -0.1) is 0 Å². The van der Waals surface area contributed by atoms with Crippen LogP contribution in [0, 0.1) is 11.8 Å². The van der Waals surface area contributed by atoms with Crippen LogP contribution in [0.5, 0.6) is 0 Å². The molecule has 0 aromatic carbocycles.